The number of rotatable bonds is 5. The predicted molar refractivity (Wildman–Crippen MR) is 119 cm³/mol. The molecule has 0 bridgehead atoms. The van der Waals surface area contributed by atoms with E-state index in [0.717, 1.165) is 17.7 Å². The summed E-state index contributed by atoms with van der Waals surface area (Å²) in [6.45, 7) is 1.82. The number of alkyl halides is 3. The van der Waals surface area contributed by atoms with Crippen molar-refractivity contribution in [2.24, 2.45) is 0 Å². The van der Waals surface area contributed by atoms with Crippen LogP contribution in [0.25, 0.3) is 0 Å². The Labute approximate surface area is 194 Å². The lowest BCUT2D eigenvalue weighted by Crippen LogP contribution is -2.44. The fraction of sp³-hybridized carbons (Fsp3) is 0.280. The van der Waals surface area contributed by atoms with Gasteiger partial charge < -0.3 is 0 Å². The summed E-state index contributed by atoms with van der Waals surface area (Å²) in [6.07, 6.45) is -3.57. The van der Waals surface area contributed by atoms with E-state index in [9.17, 15) is 30.4 Å². The fourth-order valence-corrected chi connectivity index (χ4v) is 5.99. The minimum absolute atomic E-state index is 0.0270. The third-order valence-corrected chi connectivity index (χ3v) is 7.95. The molecule has 9 heteroatoms. The third kappa shape index (κ3) is 4.80. The van der Waals surface area contributed by atoms with Gasteiger partial charge in [0.15, 0.2) is 0 Å². The molecule has 0 aliphatic carbocycles. The molecule has 4 rings (SSSR count). The van der Waals surface area contributed by atoms with Crippen molar-refractivity contribution in [2.75, 3.05) is 4.31 Å². The summed E-state index contributed by atoms with van der Waals surface area (Å²) in [5.41, 5.74) is 0.752. The van der Waals surface area contributed by atoms with Crippen molar-refractivity contribution < 1.29 is 30.4 Å². The minimum atomic E-state index is -4.66. The van der Waals surface area contributed by atoms with Crippen molar-refractivity contribution >= 4 is 15.7 Å². The predicted octanol–water partition coefficient (Wildman–Crippen LogP) is 6.43. The highest BCUT2D eigenvalue weighted by Crippen LogP contribution is 2.38. The molecule has 0 fully saturated rings. The van der Waals surface area contributed by atoms with Gasteiger partial charge in [0.1, 0.15) is 11.6 Å². The van der Waals surface area contributed by atoms with E-state index in [-0.39, 0.29) is 29.0 Å². The number of sulfonamides is 1. The first-order chi connectivity index (χ1) is 16.0. The van der Waals surface area contributed by atoms with Crippen molar-refractivity contribution in [1.29, 1.82) is 0 Å². The Kier molecular flexibility index (Phi) is 6.42. The lowest BCUT2D eigenvalue weighted by Gasteiger charge is -2.38. The zero-order valence-corrected chi connectivity index (χ0v) is 19.1. The molecule has 1 atom stereocenters. The summed E-state index contributed by atoms with van der Waals surface area (Å²) in [5, 5.41) is 0. The van der Waals surface area contributed by atoms with Crippen LogP contribution in [0.2, 0.25) is 0 Å². The average Bonchev–Trinajstić information content (AvgIpc) is 2.77. The van der Waals surface area contributed by atoms with Gasteiger partial charge in [-0.1, -0.05) is 29.8 Å². The van der Waals surface area contributed by atoms with Gasteiger partial charge in [-0.05, 0) is 80.1 Å². The number of nitrogens with zero attached hydrogens (tertiary/aromatic N) is 1. The molecule has 3 aromatic carbocycles. The fourth-order valence-electron chi connectivity index (χ4n) is 4.25. The van der Waals surface area contributed by atoms with Crippen molar-refractivity contribution in [2.45, 2.75) is 49.7 Å². The monoisotopic (exact) mass is 495 g/mol. The molecule has 34 heavy (non-hydrogen) atoms. The molecule has 1 unspecified atom stereocenters. The lowest BCUT2D eigenvalue weighted by molar-refractivity contribution is -0.137. The summed E-state index contributed by atoms with van der Waals surface area (Å²) in [4.78, 5) is 0.0425. The van der Waals surface area contributed by atoms with Crippen LogP contribution in [0.3, 0.4) is 0 Å². The molecule has 3 nitrogen and oxygen atoms in total. The van der Waals surface area contributed by atoms with E-state index in [1.54, 1.807) is 18.2 Å². The van der Waals surface area contributed by atoms with E-state index in [1.165, 1.54) is 28.6 Å². The van der Waals surface area contributed by atoms with Crippen LogP contribution < -0.4 is 4.31 Å². The number of hydrogen-bond acceptors (Lipinski definition) is 2. The zero-order chi connectivity index (χ0) is 24.7. The maximum atomic E-state index is 14.4. The van der Waals surface area contributed by atoms with E-state index < -0.39 is 39.4 Å². The Balaban J connectivity index is 1.68. The van der Waals surface area contributed by atoms with Gasteiger partial charge in [0.05, 0.1) is 16.1 Å². The van der Waals surface area contributed by atoms with Crippen LogP contribution in [-0.4, -0.2) is 14.5 Å². The Bertz CT molecular complexity index is 1300. The van der Waals surface area contributed by atoms with Gasteiger partial charge >= 0.3 is 6.18 Å². The molecule has 1 aliphatic rings. The number of hydrogen-bond donors (Lipinski definition) is 0. The van der Waals surface area contributed by atoms with Crippen LogP contribution in [0.15, 0.2) is 65.6 Å². The number of aryl methyl sites for hydroxylation is 3. The van der Waals surface area contributed by atoms with Gasteiger partial charge in [-0.25, -0.2) is 17.2 Å². The zero-order valence-electron chi connectivity index (χ0n) is 18.2. The molecule has 0 spiro atoms. The summed E-state index contributed by atoms with van der Waals surface area (Å²) in [5.74, 6) is -1.58. The average molecular weight is 496 g/mol. The molecule has 0 amide bonds. The maximum absolute atomic E-state index is 14.4. The molecule has 3 aromatic rings. The molecule has 1 heterocycles. The van der Waals surface area contributed by atoms with E-state index >= 15 is 0 Å². The van der Waals surface area contributed by atoms with E-state index in [2.05, 4.69) is 0 Å². The van der Waals surface area contributed by atoms with Crippen LogP contribution in [0.1, 0.15) is 35.1 Å². The number of fused-ring (bicyclic) bond motifs is 1. The topological polar surface area (TPSA) is 37.4 Å². The van der Waals surface area contributed by atoms with Crippen molar-refractivity contribution in [3.8, 4) is 0 Å². The smallest absolute Gasteiger partial charge is 0.263 e. The van der Waals surface area contributed by atoms with Gasteiger partial charge in [-0.15, -0.1) is 0 Å². The standard InChI is InChI=1S/C25H22F5NO2S/c1-16-2-12-22(13-3-16)34(32,33)31-21(11-7-18-5-9-20(26)15-24(18)31)10-6-17-4-8-19(14-23(17)27)25(28,29)30/h2-5,8-9,12-15,21H,6-7,10-11H2,1H3. The highest BCUT2D eigenvalue weighted by molar-refractivity contribution is 7.92. The second-order valence-corrected chi connectivity index (χ2v) is 10.2. The molecule has 180 valence electrons. The maximum Gasteiger partial charge on any atom is 0.416 e. The SMILES string of the molecule is Cc1ccc(S(=O)(=O)N2c3cc(F)ccc3CCC2CCc2ccc(C(F)(F)F)cc2F)cc1. The number of benzene rings is 3. The lowest BCUT2D eigenvalue weighted by atomic mass is 9.93. The summed E-state index contributed by atoms with van der Waals surface area (Å²) >= 11 is 0. The van der Waals surface area contributed by atoms with Crippen molar-refractivity contribution in [3.63, 3.8) is 0 Å². The first-order valence-corrected chi connectivity index (χ1v) is 12.2. The number of anilines is 1. The quantitative estimate of drug-likeness (QED) is 0.382. The molecule has 0 N–H and O–H groups in total. The Morgan fingerprint density at radius 1 is 0.971 bits per heavy atom. The Morgan fingerprint density at radius 2 is 1.68 bits per heavy atom. The van der Waals surface area contributed by atoms with Crippen LogP contribution in [0, 0.1) is 18.6 Å². The number of halogens is 5. The van der Waals surface area contributed by atoms with Crippen LogP contribution in [-0.2, 0) is 29.0 Å². The van der Waals surface area contributed by atoms with Crippen molar-refractivity contribution in [3.05, 3.63) is 94.6 Å². The van der Waals surface area contributed by atoms with Crippen molar-refractivity contribution in [1.82, 2.24) is 0 Å². The van der Waals surface area contributed by atoms with Gasteiger partial charge in [-0.2, -0.15) is 13.2 Å². The van der Waals surface area contributed by atoms with Gasteiger partial charge in [0.2, 0.25) is 0 Å². The van der Waals surface area contributed by atoms with Gasteiger partial charge in [-0.3, -0.25) is 4.31 Å². The summed E-state index contributed by atoms with van der Waals surface area (Å²) in [6, 6.07) is 12.0. The first kappa shape index (κ1) is 24.2. The molecular formula is C25H22F5NO2S. The highest BCUT2D eigenvalue weighted by Gasteiger charge is 2.36. The highest BCUT2D eigenvalue weighted by atomic mass is 32.2. The second-order valence-electron chi connectivity index (χ2n) is 8.42. The van der Waals surface area contributed by atoms with E-state index in [1.807, 2.05) is 6.92 Å². The molecule has 1 aliphatic heterocycles. The Hall–Kier alpha value is -2.94. The van der Waals surface area contributed by atoms with Crippen LogP contribution >= 0.6 is 0 Å². The molecule has 0 saturated carbocycles. The molecule has 0 aromatic heterocycles. The molecular weight excluding hydrogens is 473 g/mol. The second kappa shape index (κ2) is 9.02. The normalized spacial score (nSPS) is 16.4. The van der Waals surface area contributed by atoms with Crippen LogP contribution in [0.4, 0.5) is 27.6 Å². The summed E-state index contributed by atoms with van der Waals surface area (Å²) in [7, 11) is -4.07. The van der Waals surface area contributed by atoms with Crippen LogP contribution in [0.5, 0.6) is 0 Å². The Morgan fingerprint density at radius 3 is 2.32 bits per heavy atom. The van der Waals surface area contributed by atoms with Gasteiger partial charge in [0.25, 0.3) is 10.0 Å². The molecule has 0 radical (unpaired) electrons. The van der Waals surface area contributed by atoms with Gasteiger partial charge in [0, 0.05) is 6.04 Å². The first-order valence-electron chi connectivity index (χ1n) is 10.7. The van der Waals surface area contributed by atoms with E-state index in [4.69, 9.17) is 0 Å². The molecule has 0 saturated heterocycles. The largest absolute Gasteiger partial charge is 0.416 e. The summed E-state index contributed by atoms with van der Waals surface area (Å²) < 4.78 is 95.5. The van der Waals surface area contributed by atoms with E-state index in [0.29, 0.717) is 24.5 Å². The minimum Gasteiger partial charge on any atom is -0.263 e. The third-order valence-electron chi connectivity index (χ3n) is 6.07.